The fraction of sp³-hybridized carbons (Fsp3) is 0.536. The maximum atomic E-state index is 14.7. The van der Waals surface area contributed by atoms with E-state index in [1.165, 1.54) is 0 Å². The summed E-state index contributed by atoms with van der Waals surface area (Å²) in [4.78, 5) is 10.7. The summed E-state index contributed by atoms with van der Waals surface area (Å²) < 4.78 is 14.7. The second-order valence-electron chi connectivity index (χ2n) is 9.34. The minimum absolute atomic E-state index is 0.0323. The quantitative estimate of drug-likeness (QED) is 0.344. The molecule has 2 N–H and O–H groups in total. The molecule has 3 nitrogen and oxygen atoms in total. The molecule has 172 valence electrons. The van der Waals surface area contributed by atoms with Crippen LogP contribution in [-0.2, 0) is 4.79 Å². The summed E-state index contributed by atoms with van der Waals surface area (Å²) in [7, 11) is 0. The molecule has 4 heteroatoms. The van der Waals surface area contributed by atoms with E-state index in [0.717, 1.165) is 44.1 Å². The van der Waals surface area contributed by atoms with Gasteiger partial charge in [-0.25, -0.2) is 4.39 Å². The van der Waals surface area contributed by atoms with Gasteiger partial charge in [0, 0.05) is 23.8 Å². The largest absolute Gasteiger partial charge is 0.481 e. The van der Waals surface area contributed by atoms with Crippen molar-refractivity contribution in [1.29, 1.82) is 0 Å². The Bertz CT molecular complexity index is 844. The van der Waals surface area contributed by atoms with Gasteiger partial charge in [0.1, 0.15) is 6.17 Å². The second-order valence-corrected chi connectivity index (χ2v) is 9.34. The highest BCUT2D eigenvalue weighted by molar-refractivity contribution is 5.66. The third-order valence-electron chi connectivity index (χ3n) is 6.94. The number of aliphatic hydroxyl groups excluding tert-OH is 1. The number of allylic oxidation sites excluding steroid dienone is 3. The van der Waals surface area contributed by atoms with E-state index in [9.17, 15) is 14.3 Å². The third-order valence-corrected chi connectivity index (χ3v) is 6.94. The van der Waals surface area contributed by atoms with Gasteiger partial charge in [-0.2, -0.15) is 0 Å². The highest BCUT2D eigenvalue weighted by Gasteiger charge is 2.47. The number of aliphatic carboxylic acids is 1. The van der Waals surface area contributed by atoms with Gasteiger partial charge in [-0.05, 0) is 62.5 Å². The van der Waals surface area contributed by atoms with Gasteiger partial charge in [0.05, 0.1) is 6.10 Å². The Balaban J connectivity index is 1.49. The molecular formula is C28H35FO3. The van der Waals surface area contributed by atoms with Crippen LogP contribution in [0.4, 0.5) is 4.39 Å². The summed E-state index contributed by atoms with van der Waals surface area (Å²) in [5.74, 6) is 5.69. The van der Waals surface area contributed by atoms with Crippen LogP contribution in [0.3, 0.4) is 0 Å². The van der Waals surface area contributed by atoms with Crippen molar-refractivity contribution in [3.05, 3.63) is 60.2 Å². The first-order valence-corrected chi connectivity index (χ1v) is 11.9. The minimum Gasteiger partial charge on any atom is -0.481 e. The highest BCUT2D eigenvalue weighted by Crippen LogP contribution is 2.52. The number of hydrogen-bond acceptors (Lipinski definition) is 2. The molecule has 2 aliphatic carbocycles. The van der Waals surface area contributed by atoms with E-state index >= 15 is 0 Å². The van der Waals surface area contributed by atoms with Crippen LogP contribution in [0.25, 0.3) is 0 Å². The van der Waals surface area contributed by atoms with Crippen molar-refractivity contribution in [2.75, 3.05) is 0 Å². The molecular weight excluding hydrogens is 403 g/mol. The average molecular weight is 439 g/mol. The number of carboxylic acid groups (broad SMARTS) is 1. The van der Waals surface area contributed by atoms with Crippen LogP contribution in [0.2, 0.25) is 0 Å². The van der Waals surface area contributed by atoms with Crippen LogP contribution in [0.1, 0.15) is 69.8 Å². The van der Waals surface area contributed by atoms with Crippen molar-refractivity contribution in [3.63, 3.8) is 0 Å². The fourth-order valence-electron chi connectivity index (χ4n) is 4.70. The zero-order chi connectivity index (χ0) is 22.8. The van der Waals surface area contributed by atoms with E-state index in [0.29, 0.717) is 19.3 Å². The molecule has 0 spiro atoms. The smallest absolute Gasteiger partial charge is 0.303 e. The molecule has 32 heavy (non-hydrogen) atoms. The first-order valence-electron chi connectivity index (χ1n) is 11.9. The van der Waals surface area contributed by atoms with E-state index in [1.807, 2.05) is 48.6 Å². The number of carbonyl (C=O) groups is 1. The molecule has 0 heterocycles. The topological polar surface area (TPSA) is 57.5 Å². The van der Waals surface area contributed by atoms with Crippen molar-refractivity contribution in [2.45, 2.75) is 76.5 Å². The number of carboxylic acids is 1. The highest BCUT2D eigenvalue weighted by atomic mass is 19.1. The molecule has 0 amide bonds. The van der Waals surface area contributed by atoms with Crippen LogP contribution in [0.5, 0.6) is 0 Å². The molecule has 3 rings (SSSR count). The summed E-state index contributed by atoms with van der Waals surface area (Å²) in [5, 5.41) is 19.4. The summed E-state index contributed by atoms with van der Waals surface area (Å²) >= 11 is 0. The normalized spacial score (nSPS) is 24.1. The summed E-state index contributed by atoms with van der Waals surface area (Å²) in [6.07, 6.45) is 13.6. The van der Waals surface area contributed by atoms with Crippen molar-refractivity contribution in [1.82, 2.24) is 0 Å². The Labute approximate surface area is 191 Å². The Morgan fingerprint density at radius 2 is 1.94 bits per heavy atom. The molecule has 4 atom stereocenters. The summed E-state index contributed by atoms with van der Waals surface area (Å²) in [6, 6.07) is 9.89. The van der Waals surface area contributed by atoms with Gasteiger partial charge in [-0.3, -0.25) is 4.79 Å². The van der Waals surface area contributed by atoms with E-state index in [-0.39, 0.29) is 23.7 Å². The van der Waals surface area contributed by atoms with Gasteiger partial charge in [0.25, 0.3) is 0 Å². The molecule has 2 saturated carbocycles. The van der Waals surface area contributed by atoms with Gasteiger partial charge < -0.3 is 10.2 Å². The second kappa shape index (κ2) is 12.0. The molecule has 0 saturated heterocycles. The fourth-order valence-corrected chi connectivity index (χ4v) is 4.70. The maximum Gasteiger partial charge on any atom is 0.303 e. The molecule has 1 aromatic rings. The molecule has 0 bridgehead atoms. The Morgan fingerprint density at radius 3 is 2.66 bits per heavy atom. The van der Waals surface area contributed by atoms with Gasteiger partial charge in [0.15, 0.2) is 0 Å². The zero-order valence-electron chi connectivity index (χ0n) is 18.8. The van der Waals surface area contributed by atoms with E-state index in [2.05, 4.69) is 17.9 Å². The van der Waals surface area contributed by atoms with Gasteiger partial charge >= 0.3 is 5.97 Å². The number of halogens is 1. The van der Waals surface area contributed by atoms with Crippen LogP contribution >= 0.6 is 0 Å². The zero-order valence-corrected chi connectivity index (χ0v) is 18.8. The number of alkyl halides is 1. The Hall–Kier alpha value is -2.38. The molecule has 0 aliphatic heterocycles. The lowest BCUT2D eigenvalue weighted by Gasteiger charge is -2.32. The van der Waals surface area contributed by atoms with Crippen molar-refractivity contribution >= 4 is 5.97 Å². The monoisotopic (exact) mass is 438 g/mol. The van der Waals surface area contributed by atoms with Crippen LogP contribution < -0.4 is 0 Å². The predicted molar refractivity (Wildman–Crippen MR) is 126 cm³/mol. The van der Waals surface area contributed by atoms with Gasteiger partial charge in [0.2, 0.25) is 0 Å². The lowest BCUT2D eigenvalue weighted by Crippen LogP contribution is -2.27. The first-order chi connectivity index (χ1) is 15.5. The number of aliphatic hydroxyl groups is 1. The number of benzene rings is 1. The van der Waals surface area contributed by atoms with Crippen molar-refractivity contribution < 1.29 is 19.4 Å². The average Bonchev–Trinajstić information content (AvgIpc) is 3.58. The van der Waals surface area contributed by atoms with Crippen molar-refractivity contribution in [2.24, 2.45) is 17.3 Å². The molecule has 1 aromatic carbocycles. The lowest BCUT2D eigenvalue weighted by molar-refractivity contribution is -0.137. The Morgan fingerprint density at radius 1 is 1.19 bits per heavy atom. The summed E-state index contributed by atoms with van der Waals surface area (Å²) in [6.45, 7) is 0. The number of hydrogen-bond donors (Lipinski definition) is 2. The van der Waals surface area contributed by atoms with Crippen LogP contribution in [0.15, 0.2) is 54.6 Å². The predicted octanol–water partition coefficient (Wildman–Crippen LogP) is 6.08. The molecule has 0 radical (unpaired) electrons. The maximum absolute atomic E-state index is 14.7. The van der Waals surface area contributed by atoms with Crippen LogP contribution in [-0.4, -0.2) is 28.5 Å². The summed E-state index contributed by atoms with van der Waals surface area (Å²) in [5.41, 5.74) is 0.862. The molecule has 2 aliphatic rings. The van der Waals surface area contributed by atoms with Gasteiger partial charge in [-0.15, -0.1) is 0 Å². The first kappa shape index (κ1) is 24.3. The Kier molecular flexibility index (Phi) is 9.11. The standard InChI is InChI=1S/C28H35FO3/c29-25(16-8-18-27(31)32)24-15-6-4-13-23(24)14-5-7-17-26(30)28(20-21-28)19-9-12-22-10-2-1-3-11-22/h1-3,5,7,10-11,14,17,23-26,30H,4,6,8,13,15-16,18-21H2,(H,31,32)/b14-5+,17-7+/t23-,24-,25?,26+/m0/s1. The lowest BCUT2D eigenvalue weighted by atomic mass is 9.75. The molecule has 0 aromatic heterocycles. The van der Waals surface area contributed by atoms with E-state index in [4.69, 9.17) is 5.11 Å². The minimum atomic E-state index is -0.947. The number of rotatable bonds is 10. The van der Waals surface area contributed by atoms with Gasteiger partial charge in [-0.1, -0.05) is 67.2 Å². The van der Waals surface area contributed by atoms with Crippen LogP contribution in [0, 0.1) is 29.1 Å². The van der Waals surface area contributed by atoms with E-state index < -0.39 is 18.2 Å². The van der Waals surface area contributed by atoms with Crippen molar-refractivity contribution in [3.8, 4) is 11.8 Å². The SMILES string of the molecule is O=C(O)CCCC(F)[C@H]1CCCC[C@H]1/C=C/C=C/[C@@H](O)C1(CC#Cc2ccccc2)CC1. The third kappa shape index (κ3) is 7.35. The molecule has 1 unspecified atom stereocenters. The van der Waals surface area contributed by atoms with E-state index in [1.54, 1.807) is 0 Å². The molecule has 2 fully saturated rings.